The van der Waals surface area contributed by atoms with Crippen molar-refractivity contribution in [1.82, 2.24) is 0 Å². The van der Waals surface area contributed by atoms with Crippen molar-refractivity contribution in [3.05, 3.63) is 29.8 Å². The van der Waals surface area contributed by atoms with Crippen molar-refractivity contribution in [3.63, 3.8) is 0 Å². The lowest BCUT2D eigenvalue weighted by Crippen LogP contribution is -2.19. The third kappa shape index (κ3) is 6.31. The molecule has 104 valence electrons. The maximum Gasteiger partial charge on any atom is 0.250 e. The monoisotopic (exact) mass is 280 g/mol. The Morgan fingerprint density at radius 3 is 2.89 bits per heavy atom. The number of rotatable bonds is 8. The zero-order chi connectivity index (χ0) is 14.1. The van der Waals surface area contributed by atoms with E-state index in [1.54, 1.807) is 24.3 Å². The number of hydrogen-bond acceptors (Lipinski definition) is 3. The molecule has 0 saturated heterocycles. The van der Waals surface area contributed by atoms with Gasteiger partial charge in [-0.1, -0.05) is 44.1 Å². The zero-order valence-electron chi connectivity index (χ0n) is 11.1. The van der Waals surface area contributed by atoms with Gasteiger partial charge >= 0.3 is 0 Å². The Morgan fingerprint density at radius 1 is 1.42 bits per heavy atom. The van der Waals surface area contributed by atoms with Gasteiger partial charge in [0.15, 0.2) is 0 Å². The molecule has 0 aliphatic carbocycles. The molecule has 0 aromatic heterocycles. The fourth-order valence-electron chi connectivity index (χ4n) is 1.57. The second kappa shape index (κ2) is 8.61. The van der Waals surface area contributed by atoms with Crippen LogP contribution in [0.4, 0.5) is 5.69 Å². The fourth-order valence-corrected chi connectivity index (χ4v) is 1.69. The van der Waals surface area contributed by atoms with Crippen LogP contribution >= 0.6 is 12.2 Å². The molecule has 0 radical (unpaired) electrons. The van der Waals surface area contributed by atoms with E-state index in [0.717, 1.165) is 24.8 Å². The van der Waals surface area contributed by atoms with E-state index in [2.05, 4.69) is 12.2 Å². The number of hydrogen-bond donors (Lipinski definition) is 2. The van der Waals surface area contributed by atoms with E-state index in [-0.39, 0.29) is 12.5 Å². The topological polar surface area (TPSA) is 64.3 Å². The molecule has 3 N–H and O–H groups in total. The summed E-state index contributed by atoms with van der Waals surface area (Å²) in [5.41, 5.74) is 6.94. The molecule has 0 unspecified atom stereocenters. The van der Waals surface area contributed by atoms with Crippen molar-refractivity contribution in [1.29, 1.82) is 0 Å². The number of amides is 1. The van der Waals surface area contributed by atoms with E-state index in [0.29, 0.717) is 17.3 Å². The molecule has 5 heteroatoms. The summed E-state index contributed by atoms with van der Waals surface area (Å²) in [6.07, 6.45) is 3.25. The largest absolute Gasteiger partial charge is 0.389 e. The highest BCUT2D eigenvalue weighted by molar-refractivity contribution is 7.80. The predicted octanol–water partition coefficient (Wildman–Crippen LogP) is 2.47. The molecule has 0 bridgehead atoms. The summed E-state index contributed by atoms with van der Waals surface area (Å²) in [5, 5.41) is 2.75. The highest BCUT2D eigenvalue weighted by atomic mass is 32.1. The van der Waals surface area contributed by atoms with Gasteiger partial charge in [-0.15, -0.1) is 0 Å². The van der Waals surface area contributed by atoms with Gasteiger partial charge in [-0.05, 0) is 18.6 Å². The van der Waals surface area contributed by atoms with Gasteiger partial charge in [0.1, 0.15) is 11.6 Å². The van der Waals surface area contributed by atoms with Crippen LogP contribution in [0.2, 0.25) is 0 Å². The van der Waals surface area contributed by atoms with E-state index in [1.165, 1.54) is 0 Å². The molecule has 0 spiro atoms. The van der Waals surface area contributed by atoms with E-state index < -0.39 is 0 Å². The van der Waals surface area contributed by atoms with Crippen LogP contribution in [0.5, 0.6) is 0 Å². The first kappa shape index (κ1) is 15.6. The molecule has 0 aliphatic rings. The number of ether oxygens (including phenoxy) is 1. The minimum atomic E-state index is -0.170. The second-order valence-corrected chi connectivity index (χ2v) is 4.69. The van der Waals surface area contributed by atoms with Crippen molar-refractivity contribution in [2.45, 2.75) is 26.2 Å². The first-order chi connectivity index (χ1) is 9.13. The van der Waals surface area contributed by atoms with Gasteiger partial charge in [0.2, 0.25) is 5.91 Å². The number of anilines is 1. The number of nitrogens with two attached hydrogens (primary N) is 1. The first-order valence-corrected chi connectivity index (χ1v) is 6.81. The summed E-state index contributed by atoms with van der Waals surface area (Å²) in [5.74, 6) is -0.170. The molecular weight excluding hydrogens is 260 g/mol. The highest BCUT2D eigenvalue weighted by Crippen LogP contribution is 2.10. The maximum absolute atomic E-state index is 11.6. The average molecular weight is 280 g/mol. The van der Waals surface area contributed by atoms with Gasteiger partial charge in [-0.3, -0.25) is 4.79 Å². The van der Waals surface area contributed by atoms with Crippen LogP contribution in [0.25, 0.3) is 0 Å². The maximum atomic E-state index is 11.6. The first-order valence-electron chi connectivity index (χ1n) is 6.41. The molecule has 0 atom stereocenters. The number of carbonyl (C=O) groups excluding carboxylic acids is 1. The summed E-state index contributed by atoms with van der Waals surface area (Å²) in [6, 6.07) is 7.14. The van der Waals surface area contributed by atoms with Gasteiger partial charge < -0.3 is 15.8 Å². The Kier molecular flexibility index (Phi) is 7.07. The van der Waals surface area contributed by atoms with Crippen LogP contribution in [0.1, 0.15) is 31.7 Å². The smallest absolute Gasteiger partial charge is 0.250 e. The molecule has 0 fully saturated rings. The van der Waals surface area contributed by atoms with E-state index >= 15 is 0 Å². The van der Waals surface area contributed by atoms with Gasteiger partial charge in [0.25, 0.3) is 0 Å². The molecule has 1 amide bonds. The molecule has 1 aromatic carbocycles. The Morgan fingerprint density at radius 2 is 2.21 bits per heavy atom. The molecule has 0 heterocycles. The van der Waals surface area contributed by atoms with Crippen molar-refractivity contribution in [2.75, 3.05) is 18.5 Å². The van der Waals surface area contributed by atoms with Crippen molar-refractivity contribution >= 4 is 28.8 Å². The Hall–Kier alpha value is -1.46. The summed E-state index contributed by atoms with van der Waals surface area (Å²) in [6.45, 7) is 2.82. The lowest BCUT2D eigenvalue weighted by molar-refractivity contribution is -0.120. The second-order valence-electron chi connectivity index (χ2n) is 4.25. The zero-order valence-corrected chi connectivity index (χ0v) is 12.0. The molecule has 0 aliphatic heterocycles. The summed E-state index contributed by atoms with van der Waals surface area (Å²) < 4.78 is 5.28. The van der Waals surface area contributed by atoms with Crippen molar-refractivity contribution in [3.8, 4) is 0 Å². The molecule has 0 saturated carbocycles. The van der Waals surface area contributed by atoms with Crippen LogP contribution in [-0.4, -0.2) is 24.1 Å². The molecule has 1 rings (SSSR count). The lowest BCUT2D eigenvalue weighted by Gasteiger charge is -2.07. The van der Waals surface area contributed by atoms with Gasteiger partial charge in [0.05, 0.1) is 0 Å². The number of thiocarbonyl (C=S) groups is 1. The quantitative estimate of drug-likeness (QED) is 0.567. The average Bonchev–Trinajstić information content (AvgIpc) is 2.38. The molecule has 4 nitrogen and oxygen atoms in total. The molecular formula is C14H20N2O2S. The Bertz CT molecular complexity index is 435. The van der Waals surface area contributed by atoms with E-state index in [9.17, 15) is 4.79 Å². The van der Waals surface area contributed by atoms with Crippen molar-refractivity contribution < 1.29 is 9.53 Å². The number of benzene rings is 1. The number of nitrogens with one attached hydrogen (secondary N) is 1. The normalized spacial score (nSPS) is 10.2. The summed E-state index contributed by atoms with van der Waals surface area (Å²) in [4.78, 5) is 11.9. The number of unbranched alkanes of at least 4 members (excludes halogenated alkanes) is 2. The van der Waals surface area contributed by atoms with Crippen LogP contribution in [0.3, 0.4) is 0 Å². The van der Waals surface area contributed by atoms with Crippen LogP contribution < -0.4 is 11.1 Å². The summed E-state index contributed by atoms with van der Waals surface area (Å²) in [7, 11) is 0. The minimum absolute atomic E-state index is 0.0704. The standard InChI is InChI=1S/C14H20N2O2S/c1-2-3-4-8-18-10-13(17)16-12-7-5-6-11(9-12)14(15)19/h5-7,9H,2-4,8,10H2,1H3,(H2,15,19)(H,16,17). The van der Waals surface area contributed by atoms with Gasteiger partial charge in [0, 0.05) is 17.9 Å². The molecule has 19 heavy (non-hydrogen) atoms. The van der Waals surface area contributed by atoms with Gasteiger partial charge in [-0.2, -0.15) is 0 Å². The van der Waals surface area contributed by atoms with Gasteiger partial charge in [-0.25, -0.2) is 0 Å². The van der Waals surface area contributed by atoms with Crippen LogP contribution in [-0.2, 0) is 9.53 Å². The van der Waals surface area contributed by atoms with Crippen molar-refractivity contribution in [2.24, 2.45) is 5.73 Å². The van der Waals surface area contributed by atoms with Crippen LogP contribution in [0, 0.1) is 0 Å². The lowest BCUT2D eigenvalue weighted by atomic mass is 10.2. The van der Waals surface area contributed by atoms with E-state index in [1.807, 2.05) is 0 Å². The highest BCUT2D eigenvalue weighted by Gasteiger charge is 2.04. The Balaban J connectivity index is 2.35. The third-order valence-corrected chi connectivity index (χ3v) is 2.79. The summed E-state index contributed by atoms with van der Waals surface area (Å²) >= 11 is 4.89. The number of carbonyl (C=O) groups is 1. The SMILES string of the molecule is CCCCCOCC(=O)Nc1cccc(C(N)=S)c1. The van der Waals surface area contributed by atoms with Crippen LogP contribution in [0.15, 0.2) is 24.3 Å². The fraction of sp³-hybridized carbons (Fsp3) is 0.429. The minimum Gasteiger partial charge on any atom is -0.389 e. The van der Waals surface area contributed by atoms with E-state index in [4.69, 9.17) is 22.7 Å². The Labute approximate surface area is 119 Å². The third-order valence-electron chi connectivity index (χ3n) is 2.56. The molecule has 1 aromatic rings. The predicted molar refractivity (Wildman–Crippen MR) is 81.3 cm³/mol.